The van der Waals surface area contributed by atoms with E-state index in [0.717, 1.165) is 6.07 Å². The molecule has 2 unspecified atom stereocenters. The van der Waals surface area contributed by atoms with Crippen molar-refractivity contribution in [1.82, 2.24) is 5.32 Å². The highest BCUT2D eigenvalue weighted by atomic mass is 35.5. The number of benzene rings is 1. The third-order valence-electron chi connectivity index (χ3n) is 2.98. The molecule has 1 aliphatic rings. The first kappa shape index (κ1) is 13.3. The molecule has 1 saturated heterocycles. The molecule has 98 valence electrons. The molecule has 18 heavy (non-hydrogen) atoms. The summed E-state index contributed by atoms with van der Waals surface area (Å²) < 4.78 is 18.8. The summed E-state index contributed by atoms with van der Waals surface area (Å²) in [5.74, 6) is -1.12. The minimum Gasteiger partial charge on any atom is -0.379 e. The maximum absolute atomic E-state index is 13.5. The molecule has 4 nitrogen and oxygen atoms in total. The summed E-state index contributed by atoms with van der Waals surface area (Å²) in [7, 11) is 1.77. The third kappa shape index (κ3) is 2.80. The molecule has 1 heterocycles. The lowest BCUT2D eigenvalue weighted by Gasteiger charge is -2.16. The Morgan fingerprint density at radius 2 is 2.28 bits per heavy atom. The Kier molecular flexibility index (Phi) is 4.16. The Balaban J connectivity index is 2.07. The van der Waals surface area contributed by atoms with Gasteiger partial charge < -0.3 is 15.4 Å². The van der Waals surface area contributed by atoms with Gasteiger partial charge in [-0.1, -0.05) is 11.6 Å². The molecule has 0 radical (unpaired) electrons. The fraction of sp³-hybridized carbons (Fsp3) is 0.417. The topological polar surface area (TPSA) is 50.4 Å². The number of nitrogens with one attached hydrogen (secondary N) is 2. The van der Waals surface area contributed by atoms with Gasteiger partial charge in [0.1, 0.15) is 5.82 Å². The van der Waals surface area contributed by atoms with Gasteiger partial charge in [-0.3, -0.25) is 4.79 Å². The number of carbonyl (C=O) groups is 1. The molecule has 1 aliphatic heterocycles. The maximum atomic E-state index is 13.5. The van der Waals surface area contributed by atoms with Gasteiger partial charge in [-0.15, -0.1) is 0 Å². The zero-order valence-corrected chi connectivity index (χ0v) is 10.6. The number of rotatable bonds is 3. The van der Waals surface area contributed by atoms with Crippen LogP contribution in [-0.2, 0) is 9.53 Å². The van der Waals surface area contributed by atoms with E-state index in [-0.39, 0.29) is 23.6 Å². The minimum atomic E-state index is -0.546. The highest BCUT2D eigenvalue weighted by Crippen LogP contribution is 2.21. The first-order valence-electron chi connectivity index (χ1n) is 5.62. The van der Waals surface area contributed by atoms with Crippen LogP contribution < -0.4 is 10.6 Å². The molecule has 2 atom stereocenters. The first-order valence-corrected chi connectivity index (χ1v) is 6.00. The van der Waals surface area contributed by atoms with E-state index in [4.69, 9.17) is 16.3 Å². The molecule has 0 saturated carbocycles. The number of ether oxygens (including phenoxy) is 1. The molecule has 1 aromatic carbocycles. The summed E-state index contributed by atoms with van der Waals surface area (Å²) in [5.41, 5.74) is 0.131. The number of amides is 1. The number of anilines is 1. The van der Waals surface area contributed by atoms with Gasteiger partial charge >= 0.3 is 0 Å². The van der Waals surface area contributed by atoms with Crippen molar-refractivity contribution in [2.75, 3.05) is 25.6 Å². The van der Waals surface area contributed by atoms with Gasteiger partial charge in [-0.05, 0) is 25.2 Å². The Hall–Kier alpha value is -1.17. The molecule has 2 N–H and O–H groups in total. The van der Waals surface area contributed by atoms with Gasteiger partial charge in [0.25, 0.3) is 0 Å². The molecule has 2 rings (SSSR count). The lowest BCUT2D eigenvalue weighted by atomic mass is 10.0. The molecule has 1 fully saturated rings. The van der Waals surface area contributed by atoms with Crippen LogP contribution in [0.2, 0.25) is 5.02 Å². The standard InChI is InChI=1S/C12H14ClFN2O2/c1-15-11-6-18-5-8(11)12(17)16-10-3-2-7(13)4-9(10)14/h2-4,8,11,15H,5-6H2,1H3,(H,16,17). The van der Waals surface area contributed by atoms with Gasteiger partial charge in [-0.25, -0.2) is 4.39 Å². The lowest BCUT2D eigenvalue weighted by Crippen LogP contribution is -2.39. The molecule has 0 bridgehead atoms. The summed E-state index contributed by atoms with van der Waals surface area (Å²) in [6, 6.07) is 4.10. The minimum absolute atomic E-state index is 0.0413. The van der Waals surface area contributed by atoms with Crippen molar-refractivity contribution in [3.8, 4) is 0 Å². The fourth-order valence-corrected chi connectivity index (χ4v) is 2.07. The van der Waals surface area contributed by atoms with Gasteiger partial charge in [0.2, 0.25) is 5.91 Å². The van der Waals surface area contributed by atoms with Crippen molar-refractivity contribution in [3.05, 3.63) is 29.0 Å². The van der Waals surface area contributed by atoms with E-state index in [2.05, 4.69) is 10.6 Å². The van der Waals surface area contributed by atoms with Gasteiger partial charge in [0.15, 0.2) is 0 Å². The van der Waals surface area contributed by atoms with Gasteiger partial charge in [0.05, 0.1) is 24.8 Å². The van der Waals surface area contributed by atoms with Crippen molar-refractivity contribution < 1.29 is 13.9 Å². The Labute approximate surface area is 109 Å². The molecular weight excluding hydrogens is 259 g/mol. The van der Waals surface area contributed by atoms with E-state index in [1.165, 1.54) is 12.1 Å². The van der Waals surface area contributed by atoms with E-state index < -0.39 is 5.82 Å². The largest absolute Gasteiger partial charge is 0.379 e. The molecule has 1 aromatic rings. The fourth-order valence-electron chi connectivity index (χ4n) is 1.91. The highest BCUT2D eigenvalue weighted by Gasteiger charge is 2.33. The van der Waals surface area contributed by atoms with Crippen LogP contribution in [-0.4, -0.2) is 32.2 Å². The lowest BCUT2D eigenvalue weighted by molar-refractivity contribution is -0.120. The van der Waals surface area contributed by atoms with Crippen LogP contribution in [0.25, 0.3) is 0 Å². The van der Waals surface area contributed by atoms with Gasteiger partial charge in [0, 0.05) is 11.1 Å². The summed E-state index contributed by atoms with van der Waals surface area (Å²) >= 11 is 5.64. The average molecular weight is 273 g/mol. The summed E-state index contributed by atoms with van der Waals surface area (Å²) in [6.45, 7) is 0.824. The van der Waals surface area contributed by atoms with E-state index in [1.807, 2.05) is 0 Å². The van der Waals surface area contributed by atoms with Crippen LogP contribution in [0.3, 0.4) is 0 Å². The van der Waals surface area contributed by atoms with Crippen LogP contribution in [0.4, 0.5) is 10.1 Å². The maximum Gasteiger partial charge on any atom is 0.231 e. The molecule has 1 amide bonds. The Morgan fingerprint density at radius 3 is 2.94 bits per heavy atom. The smallest absolute Gasteiger partial charge is 0.231 e. The van der Waals surface area contributed by atoms with E-state index in [1.54, 1.807) is 7.05 Å². The second-order valence-electron chi connectivity index (χ2n) is 4.15. The van der Waals surface area contributed by atoms with E-state index >= 15 is 0 Å². The third-order valence-corrected chi connectivity index (χ3v) is 3.21. The highest BCUT2D eigenvalue weighted by molar-refractivity contribution is 6.30. The second kappa shape index (κ2) is 5.65. The SMILES string of the molecule is CNC1COCC1C(=O)Nc1ccc(Cl)cc1F. The van der Waals surface area contributed by atoms with E-state index in [9.17, 15) is 9.18 Å². The van der Waals surface area contributed by atoms with Crippen LogP contribution in [0.5, 0.6) is 0 Å². The zero-order valence-electron chi connectivity index (χ0n) is 9.87. The Bertz CT molecular complexity index is 456. The average Bonchev–Trinajstić information content (AvgIpc) is 2.81. The van der Waals surface area contributed by atoms with Crippen LogP contribution >= 0.6 is 11.6 Å². The number of carbonyl (C=O) groups excluding carboxylic acids is 1. The molecule has 0 aliphatic carbocycles. The van der Waals surface area contributed by atoms with E-state index in [0.29, 0.717) is 18.2 Å². The summed E-state index contributed by atoms with van der Waals surface area (Å²) in [6.07, 6.45) is 0. The number of likely N-dealkylation sites (N-methyl/N-ethyl adjacent to an activating group) is 1. The first-order chi connectivity index (χ1) is 8.61. The normalized spacial score (nSPS) is 23.1. The van der Waals surface area contributed by atoms with Crippen molar-refractivity contribution in [3.63, 3.8) is 0 Å². The summed E-state index contributed by atoms with van der Waals surface area (Å²) in [5, 5.41) is 5.85. The van der Waals surface area contributed by atoms with Crippen molar-refractivity contribution in [2.24, 2.45) is 5.92 Å². The number of hydrogen-bond donors (Lipinski definition) is 2. The van der Waals surface area contributed by atoms with Gasteiger partial charge in [-0.2, -0.15) is 0 Å². The number of hydrogen-bond acceptors (Lipinski definition) is 3. The predicted octanol–water partition coefficient (Wildman–Crippen LogP) is 1.65. The quantitative estimate of drug-likeness (QED) is 0.880. The molecule has 0 aromatic heterocycles. The monoisotopic (exact) mass is 272 g/mol. The summed E-state index contributed by atoms with van der Waals surface area (Å²) in [4.78, 5) is 12.0. The van der Waals surface area contributed by atoms with Crippen molar-refractivity contribution in [2.45, 2.75) is 6.04 Å². The zero-order chi connectivity index (χ0) is 13.1. The second-order valence-corrected chi connectivity index (χ2v) is 4.59. The van der Waals surface area contributed by atoms with Crippen molar-refractivity contribution in [1.29, 1.82) is 0 Å². The molecule has 0 spiro atoms. The van der Waals surface area contributed by atoms with Crippen LogP contribution in [0.15, 0.2) is 18.2 Å². The van der Waals surface area contributed by atoms with Crippen molar-refractivity contribution >= 4 is 23.2 Å². The van der Waals surface area contributed by atoms with Crippen LogP contribution in [0, 0.1) is 11.7 Å². The Morgan fingerprint density at radius 1 is 1.50 bits per heavy atom. The molecule has 6 heteroatoms. The molecular formula is C12H14ClFN2O2. The van der Waals surface area contributed by atoms with Crippen LogP contribution in [0.1, 0.15) is 0 Å². The predicted molar refractivity (Wildman–Crippen MR) is 67.2 cm³/mol. The number of halogens is 2.